The first-order chi connectivity index (χ1) is 17.0. The molecule has 2 atom stereocenters. The van der Waals surface area contributed by atoms with Crippen molar-refractivity contribution in [2.75, 3.05) is 18.4 Å². The first-order valence-electron chi connectivity index (χ1n) is 11.3. The number of carboxylic acids is 1. The molecule has 1 saturated heterocycles. The highest BCUT2D eigenvalue weighted by Gasteiger charge is 2.20. The first-order valence-corrected chi connectivity index (χ1v) is 11.7. The van der Waals surface area contributed by atoms with Gasteiger partial charge in [0.1, 0.15) is 6.33 Å². The van der Waals surface area contributed by atoms with E-state index in [9.17, 15) is 9.59 Å². The Labute approximate surface area is 207 Å². The van der Waals surface area contributed by atoms with E-state index in [1.807, 2.05) is 0 Å². The fourth-order valence-corrected chi connectivity index (χ4v) is 4.20. The van der Waals surface area contributed by atoms with Crippen LogP contribution in [0.15, 0.2) is 54.9 Å². The summed E-state index contributed by atoms with van der Waals surface area (Å²) in [5, 5.41) is 30.7. The van der Waals surface area contributed by atoms with E-state index in [2.05, 4.69) is 31.5 Å². The number of hydrogen-bond donors (Lipinski definition) is 4. The number of nitrogens with one attached hydrogen (secondary N) is 3. The Kier molecular flexibility index (Phi) is 8.07. The van der Waals surface area contributed by atoms with Gasteiger partial charge in [-0.3, -0.25) is 4.79 Å². The number of amides is 1. The highest BCUT2D eigenvalue weighted by molar-refractivity contribution is 6.30. The van der Waals surface area contributed by atoms with Crippen LogP contribution in [-0.4, -0.2) is 62.4 Å². The Morgan fingerprint density at radius 2 is 2.09 bits per heavy atom. The smallest absolute Gasteiger partial charge is 0.335 e. The molecule has 1 aliphatic heterocycles. The molecule has 0 aliphatic carbocycles. The van der Waals surface area contributed by atoms with Crippen molar-refractivity contribution in [3.63, 3.8) is 0 Å². The molecular formula is C24H26ClN7O3. The summed E-state index contributed by atoms with van der Waals surface area (Å²) in [5.74, 6) is -1.21. The Morgan fingerprint density at radius 3 is 2.77 bits per heavy atom. The molecule has 1 aromatic heterocycles. The van der Waals surface area contributed by atoms with Gasteiger partial charge < -0.3 is 21.1 Å². The number of aromatic carboxylic acids is 1. The van der Waals surface area contributed by atoms with Crippen LogP contribution in [-0.2, 0) is 4.79 Å². The minimum atomic E-state index is -0.969. The number of tetrazole rings is 1. The Balaban J connectivity index is 1.42. The molecule has 0 bridgehead atoms. The van der Waals surface area contributed by atoms with Crippen LogP contribution in [0.4, 0.5) is 5.69 Å². The SMILES string of the molecule is O=C(/C=C/c1cc(Cl)ccc1-n1cnnn1)N[C@H](CNc1ccc(C(=O)O)cc1)C[C@H]1CCCN1. The quantitative estimate of drug-likeness (QED) is 0.315. The molecule has 2 heterocycles. The number of carboxylic acid groups (broad SMARTS) is 1. The molecule has 0 unspecified atom stereocenters. The van der Waals surface area contributed by atoms with E-state index in [0.29, 0.717) is 28.9 Å². The second kappa shape index (κ2) is 11.6. The average Bonchev–Trinajstić information content (AvgIpc) is 3.56. The second-order valence-corrected chi connectivity index (χ2v) is 8.73. The van der Waals surface area contributed by atoms with Gasteiger partial charge in [0.25, 0.3) is 0 Å². The molecule has 10 nitrogen and oxygen atoms in total. The highest BCUT2D eigenvalue weighted by Crippen LogP contribution is 2.20. The zero-order chi connectivity index (χ0) is 24.6. The van der Waals surface area contributed by atoms with Crippen LogP contribution in [0.1, 0.15) is 35.2 Å². The first kappa shape index (κ1) is 24.4. The van der Waals surface area contributed by atoms with E-state index in [4.69, 9.17) is 16.7 Å². The summed E-state index contributed by atoms with van der Waals surface area (Å²) in [5.41, 5.74) is 2.41. The molecule has 2 aromatic carbocycles. The molecule has 4 N–H and O–H groups in total. The number of halogens is 1. The minimum absolute atomic E-state index is 0.139. The third kappa shape index (κ3) is 6.87. The molecule has 4 rings (SSSR count). The fourth-order valence-electron chi connectivity index (χ4n) is 4.02. The van der Waals surface area contributed by atoms with Crippen LogP contribution in [0.3, 0.4) is 0 Å². The molecule has 1 aliphatic rings. The molecule has 182 valence electrons. The summed E-state index contributed by atoms with van der Waals surface area (Å²) >= 11 is 6.16. The lowest BCUT2D eigenvalue weighted by molar-refractivity contribution is -0.117. The second-order valence-electron chi connectivity index (χ2n) is 8.29. The number of aromatic nitrogens is 4. The highest BCUT2D eigenvalue weighted by atomic mass is 35.5. The maximum Gasteiger partial charge on any atom is 0.335 e. The monoisotopic (exact) mass is 495 g/mol. The third-order valence-corrected chi connectivity index (χ3v) is 6.00. The lowest BCUT2D eigenvalue weighted by Crippen LogP contribution is -2.42. The lowest BCUT2D eigenvalue weighted by atomic mass is 10.0. The molecular weight excluding hydrogens is 470 g/mol. The summed E-state index contributed by atoms with van der Waals surface area (Å²) < 4.78 is 1.50. The maximum atomic E-state index is 12.8. The van der Waals surface area contributed by atoms with Gasteiger partial charge in [0.2, 0.25) is 5.91 Å². The van der Waals surface area contributed by atoms with Crippen LogP contribution in [0.2, 0.25) is 5.02 Å². The largest absolute Gasteiger partial charge is 0.478 e. The van der Waals surface area contributed by atoms with Crippen molar-refractivity contribution in [3.8, 4) is 5.69 Å². The molecule has 1 amide bonds. The molecule has 0 saturated carbocycles. The number of benzene rings is 2. The number of nitrogens with zero attached hydrogens (tertiary/aromatic N) is 4. The van der Waals surface area contributed by atoms with E-state index in [1.165, 1.54) is 17.1 Å². The molecule has 11 heteroatoms. The normalized spacial score (nSPS) is 16.3. The molecule has 3 aromatic rings. The average molecular weight is 496 g/mol. The molecule has 0 spiro atoms. The number of rotatable bonds is 10. The van der Waals surface area contributed by atoms with Gasteiger partial charge in [0.05, 0.1) is 11.3 Å². The van der Waals surface area contributed by atoms with Crippen molar-refractivity contribution in [2.24, 2.45) is 0 Å². The summed E-state index contributed by atoms with van der Waals surface area (Å²) in [6, 6.07) is 12.0. The van der Waals surface area contributed by atoms with Crippen LogP contribution < -0.4 is 16.0 Å². The minimum Gasteiger partial charge on any atom is -0.478 e. The van der Waals surface area contributed by atoms with Crippen molar-refractivity contribution in [1.29, 1.82) is 0 Å². The maximum absolute atomic E-state index is 12.8. The fraction of sp³-hybridized carbons (Fsp3) is 0.292. The Bertz CT molecular complexity index is 1180. The predicted molar refractivity (Wildman–Crippen MR) is 133 cm³/mol. The van der Waals surface area contributed by atoms with Crippen molar-refractivity contribution in [3.05, 3.63) is 71.0 Å². The van der Waals surface area contributed by atoms with E-state index < -0.39 is 5.97 Å². The number of anilines is 1. The van der Waals surface area contributed by atoms with Crippen LogP contribution in [0.5, 0.6) is 0 Å². The summed E-state index contributed by atoms with van der Waals surface area (Å²) in [6.07, 6.45) is 7.57. The Morgan fingerprint density at radius 1 is 1.26 bits per heavy atom. The van der Waals surface area contributed by atoms with Gasteiger partial charge in [0, 0.05) is 41.0 Å². The van der Waals surface area contributed by atoms with Crippen LogP contribution in [0, 0.1) is 0 Å². The van der Waals surface area contributed by atoms with Gasteiger partial charge in [-0.15, -0.1) is 5.10 Å². The van der Waals surface area contributed by atoms with Crippen LogP contribution >= 0.6 is 11.6 Å². The van der Waals surface area contributed by atoms with E-state index in [1.54, 1.807) is 48.5 Å². The van der Waals surface area contributed by atoms with Crippen molar-refractivity contribution < 1.29 is 14.7 Å². The topological polar surface area (TPSA) is 134 Å². The van der Waals surface area contributed by atoms with Crippen molar-refractivity contribution >= 4 is 35.2 Å². The lowest BCUT2D eigenvalue weighted by Gasteiger charge is -2.22. The van der Waals surface area contributed by atoms with Crippen molar-refractivity contribution in [2.45, 2.75) is 31.3 Å². The van der Waals surface area contributed by atoms with E-state index >= 15 is 0 Å². The standard InChI is InChI=1S/C24H26ClN7O3/c25-18-6-9-22(32-15-28-30-31-32)17(12-18)5-10-23(33)29-21(13-20-2-1-11-26-20)14-27-19-7-3-16(4-8-19)24(34)35/h3-10,12,15,20-21,26-27H,1-2,11,13-14H2,(H,29,33)(H,34,35)/b10-5+/t20-,21+/m1/s1. The van der Waals surface area contributed by atoms with Gasteiger partial charge in [0.15, 0.2) is 0 Å². The van der Waals surface area contributed by atoms with Crippen LogP contribution in [0.25, 0.3) is 11.8 Å². The molecule has 1 fully saturated rings. The van der Waals surface area contributed by atoms with E-state index in [0.717, 1.165) is 31.5 Å². The van der Waals surface area contributed by atoms with Gasteiger partial charge in [-0.2, -0.15) is 4.68 Å². The summed E-state index contributed by atoms with van der Waals surface area (Å²) in [6.45, 7) is 1.47. The number of carbonyl (C=O) groups excluding carboxylic acids is 1. The number of carbonyl (C=O) groups is 2. The molecule has 0 radical (unpaired) electrons. The zero-order valence-corrected chi connectivity index (χ0v) is 19.7. The van der Waals surface area contributed by atoms with E-state index in [-0.39, 0.29) is 17.5 Å². The zero-order valence-electron chi connectivity index (χ0n) is 18.9. The number of hydrogen-bond acceptors (Lipinski definition) is 7. The van der Waals surface area contributed by atoms with Crippen molar-refractivity contribution in [1.82, 2.24) is 30.8 Å². The van der Waals surface area contributed by atoms with Gasteiger partial charge in [-0.05, 0) is 84.8 Å². The van der Waals surface area contributed by atoms with Gasteiger partial charge in [-0.25, -0.2) is 4.79 Å². The third-order valence-electron chi connectivity index (χ3n) is 5.76. The van der Waals surface area contributed by atoms with Gasteiger partial charge >= 0.3 is 5.97 Å². The predicted octanol–water partition coefficient (Wildman–Crippen LogP) is 2.77. The van der Waals surface area contributed by atoms with Gasteiger partial charge in [-0.1, -0.05) is 11.6 Å². The molecule has 35 heavy (non-hydrogen) atoms. The Hall–Kier alpha value is -3.76. The summed E-state index contributed by atoms with van der Waals surface area (Å²) in [7, 11) is 0. The summed E-state index contributed by atoms with van der Waals surface area (Å²) in [4.78, 5) is 23.9.